The second-order valence-electron chi connectivity index (χ2n) is 10.3. The first-order chi connectivity index (χ1) is 17.5. The van der Waals surface area contributed by atoms with Crippen LogP contribution in [0.1, 0.15) is 94.5 Å². The summed E-state index contributed by atoms with van der Waals surface area (Å²) in [6, 6.07) is 3.37. The second-order valence-corrected chi connectivity index (χ2v) is 10.3. The summed E-state index contributed by atoms with van der Waals surface area (Å²) in [5.41, 5.74) is 0. The van der Waals surface area contributed by atoms with Gasteiger partial charge < -0.3 is 19.3 Å². The van der Waals surface area contributed by atoms with Crippen LogP contribution in [0.2, 0.25) is 0 Å². The van der Waals surface area contributed by atoms with Gasteiger partial charge in [-0.2, -0.15) is 0 Å². The Morgan fingerprint density at radius 3 is 2.56 bits per heavy atom. The zero-order chi connectivity index (χ0) is 25.8. The summed E-state index contributed by atoms with van der Waals surface area (Å²) in [5.74, 6) is 1.10. The molecule has 7 nitrogen and oxygen atoms in total. The SMILES string of the molecule is CCCCCC(O)C=CC1CCC(=O)C1CCCCCCC(=O)N1CCN(C(=O)c2ccco2)CC1. The largest absolute Gasteiger partial charge is 0.459 e. The molecule has 2 heterocycles. The van der Waals surface area contributed by atoms with Crippen molar-refractivity contribution >= 4 is 17.6 Å². The van der Waals surface area contributed by atoms with Crippen molar-refractivity contribution in [1.29, 1.82) is 0 Å². The molecule has 2 aliphatic rings. The number of carbonyl (C=O) groups is 3. The molecular weight excluding hydrogens is 456 g/mol. The molecule has 1 aliphatic carbocycles. The van der Waals surface area contributed by atoms with Gasteiger partial charge in [-0.1, -0.05) is 57.6 Å². The van der Waals surface area contributed by atoms with Crippen LogP contribution in [0, 0.1) is 11.8 Å². The summed E-state index contributed by atoms with van der Waals surface area (Å²) >= 11 is 0. The summed E-state index contributed by atoms with van der Waals surface area (Å²) in [6.45, 7) is 4.36. The molecule has 2 amide bonds. The minimum Gasteiger partial charge on any atom is -0.459 e. The van der Waals surface area contributed by atoms with Crippen LogP contribution in [0.25, 0.3) is 0 Å². The average Bonchev–Trinajstić information content (AvgIpc) is 3.55. The number of Topliss-reactive ketones (excluding diaryl/α,β-unsaturated/α-hetero) is 1. The quantitative estimate of drug-likeness (QED) is 0.287. The van der Waals surface area contributed by atoms with Gasteiger partial charge in [0.2, 0.25) is 5.91 Å². The number of carbonyl (C=O) groups excluding carboxylic acids is 3. The number of unbranched alkanes of at least 4 members (excludes halogenated alkanes) is 5. The molecule has 3 rings (SSSR count). The first-order valence-corrected chi connectivity index (χ1v) is 14.0. The molecule has 0 spiro atoms. The third kappa shape index (κ3) is 8.61. The Hall–Kier alpha value is -2.41. The van der Waals surface area contributed by atoms with Crippen molar-refractivity contribution in [2.24, 2.45) is 11.8 Å². The van der Waals surface area contributed by atoms with Crippen molar-refractivity contribution in [2.75, 3.05) is 26.2 Å². The van der Waals surface area contributed by atoms with Gasteiger partial charge in [-0.05, 0) is 43.7 Å². The summed E-state index contributed by atoms with van der Waals surface area (Å²) in [6.07, 6.45) is 16.1. The zero-order valence-corrected chi connectivity index (χ0v) is 21.9. The van der Waals surface area contributed by atoms with Gasteiger partial charge in [0.15, 0.2) is 5.76 Å². The number of ketones is 1. The molecule has 0 bridgehead atoms. The Labute approximate surface area is 215 Å². The van der Waals surface area contributed by atoms with E-state index in [0.717, 1.165) is 64.2 Å². The Morgan fingerprint density at radius 1 is 1.08 bits per heavy atom. The monoisotopic (exact) mass is 500 g/mol. The lowest BCUT2D eigenvalue weighted by molar-refractivity contribution is -0.132. The molecule has 3 unspecified atom stereocenters. The van der Waals surface area contributed by atoms with Gasteiger partial charge in [0, 0.05) is 44.9 Å². The van der Waals surface area contributed by atoms with Gasteiger partial charge in [0.25, 0.3) is 5.91 Å². The number of nitrogens with zero attached hydrogens (tertiary/aromatic N) is 2. The molecular formula is C29H44N2O5. The number of hydrogen-bond donors (Lipinski definition) is 1. The van der Waals surface area contributed by atoms with Crippen LogP contribution in [0.4, 0.5) is 0 Å². The van der Waals surface area contributed by atoms with Crippen molar-refractivity contribution in [1.82, 2.24) is 9.80 Å². The van der Waals surface area contributed by atoms with Crippen molar-refractivity contribution in [3.63, 3.8) is 0 Å². The predicted octanol–water partition coefficient (Wildman–Crippen LogP) is 5.00. The van der Waals surface area contributed by atoms with Crippen LogP contribution in [-0.2, 0) is 9.59 Å². The number of allylic oxidation sites excluding steroid dienone is 1. The van der Waals surface area contributed by atoms with Gasteiger partial charge in [0.05, 0.1) is 12.4 Å². The Bertz CT molecular complexity index is 842. The van der Waals surface area contributed by atoms with Gasteiger partial charge in [-0.15, -0.1) is 0 Å². The molecule has 1 saturated carbocycles. The van der Waals surface area contributed by atoms with E-state index in [1.807, 2.05) is 11.0 Å². The average molecular weight is 501 g/mol. The number of piperazine rings is 1. The van der Waals surface area contributed by atoms with E-state index in [4.69, 9.17) is 4.42 Å². The fourth-order valence-corrected chi connectivity index (χ4v) is 5.38. The fraction of sp³-hybridized carbons (Fsp3) is 0.690. The zero-order valence-electron chi connectivity index (χ0n) is 21.9. The van der Waals surface area contributed by atoms with E-state index in [-0.39, 0.29) is 23.7 Å². The molecule has 1 aromatic rings. The highest BCUT2D eigenvalue weighted by Crippen LogP contribution is 2.34. The molecule has 1 N–H and O–H groups in total. The molecule has 1 aromatic heterocycles. The van der Waals surface area contributed by atoms with Gasteiger partial charge >= 0.3 is 0 Å². The van der Waals surface area contributed by atoms with Crippen LogP contribution < -0.4 is 0 Å². The van der Waals surface area contributed by atoms with Crippen LogP contribution in [-0.4, -0.2) is 64.8 Å². The summed E-state index contributed by atoms with van der Waals surface area (Å²) in [4.78, 5) is 40.9. The minimum atomic E-state index is -0.398. The standard InChI is InChI=1S/C29H44N2O5/c1-2-3-6-10-24(32)16-14-23-15-17-26(33)25(23)11-7-4-5-8-13-28(34)30-18-20-31(21-19-30)29(35)27-12-9-22-36-27/h9,12,14,16,22-25,32H,2-8,10-11,13,15,17-21H2,1H3. The maximum absolute atomic E-state index is 12.6. The number of aliphatic hydroxyl groups is 1. The minimum absolute atomic E-state index is 0.0888. The van der Waals surface area contributed by atoms with Crippen molar-refractivity contribution in [3.05, 3.63) is 36.3 Å². The number of furan rings is 1. The normalized spacial score (nSPS) is 21.4. The highest BCUT2D eigenvalue weighted by Gasteiger charge is 2.32. The van der Waals surface area contributed by atoms with E-state index in [1.54, 1.807) is 17.0 Å². The van der Waals surface area contributed by atoms with Crippen LogP contribution in [0.15, 0.2) is 35.0 Å². The molecule has 1 aliphatic heterocycles. The van der Waals surface area contributed by atoms with Crippen LogP contribution in [0.3, 0.4) is 0 Å². The predicted molar refractivity (Wildman–Crippen MR) is 139 cm³/mol. The van der Waals surface area contributed by atoms with E-state index in [9.17, 15) is 19.5 Å². The number of aliphatic hydroxyl groups excluding tert-OH is 1. The third-order valence-corrected chi connectivity index (χ3v) is 7.65. The summed E-state index contributed by atoms with van der Waals surface area (Å²) in [5, 5.41) is 10.2. The van der Waals surface area contributed by atoms with Crippen LogP contribution >= 0.6 is 0 Å². The summed E-state index contributed by atoms with van der Waals surface area (Å²) < 4.78 is 5.19. The second kappa shape index (κ2) is 15.0. The van der Waals surface area contributed by atoms with Gasteiger partial charge in [-0.25, -0.2) is 0 Å². The first-order valence-electron chi connectivity index (χ1n) is 14.0. The van der Waals surface area contributed by atoms with Gasteiger partial charge in [0.1, 0.15) is 5.78 Å². The topological polar surface area (TPSA) is 91.1 Å². The molecule has 200 valence electrons. The first kappa shape index (κ1) is 28.2. The van der Waals surface area contributed by atoms with E-state index >= 15 is 0 Å². The van der Waals surface area contributed by atoms with Crippen molar-refractivity contribution in [3.8, 4) is 0 Å². The fourth-order valence-electron chi connectivity index (χ4n) is 5.38. The molecule has 36 heavy (non-hydrogen) atoms. The van der Waals surface area contributed by atoms with Crippen molar-refractivity contribution in [2.45, 2.75) is 90.1 Å². The Kier molecular flexibility index (Phi) is 11.7. The van der Waals surface area contributed by atoms with Gasteiger partial charge in [-0.3, -0.25) is 14.4 Å². The van der Waals surface area contributed by atoms with E-state index < -0.39 is 6.10 Å². The van der Waals surface area contributed by atoms with Crippen LogP contribution in [0.5, 0.6) is 0 Å². The number of rotatable bonds is 14. The maximum Gasteiger partial charge on any atom is 0.289 e. The number of hydrogen-bond acceptors (Lipinski definition) is 5. The van der Waals surface area contributed by atoms with E-state index in [1.165, 1.54) is 6.26 Å². The maximum atomic E-state index is 12.6. The molecule has 7 heteroatoms. The lowest BCUT2D eigenvalue weighted by Gasteiger charge is -2.34. The smallest absolute Gasteiger partial charge is 0.289 e. The van der Waals surface area contributed by atoms with Crippen molar-refractivity contribution < 1.29 is 23.9 Å². The summed E-state index contributed by atoms with van der Waals surface area (Å²) in [7, 11) is 0. The molecule has 3 atom stereocenters. The molecule has 0 aromatic carbocycles. The third-order valence-electron chi connectivity index (χ3n) is 7.65. The highest BCUT2D eigenvalue weighted by atomic mass is 16.3. The molecule has 0 radical (unpaired) electrons. The Balaban J connectivity index is 1.27. The molecule has 1 saturated heterocycles. The lowest BCUT2D eigenvalue weighted by atomic mass is 9.89. The molecule has 2 fully saturated rings. The van der Waals surface area contributed by atoms with E-state index in [2.05, 4.69) is 13.0 Å². The number of amides is 2. The van der Waals surface area contributed by atoms with E-state index in [0.29, 0.717) is 50.6 Å². The Morgan fingerprint density at radius 2 is 1.83 bits per heavy atom. The highest BCUT2D eigenvalue weighted by molar-refractivity contribution is 5.91. The lowest BCUT2D eigenvalue weighted by Crippen LogP contribution is -2.50.